The van der Waals surface area contributed by atoms with Crippen molar-refractivity contribution in [3.63, 3.8) is 0 Å². The number of fused-ring (bicyclic) bond motifs is 2. The first-order valence-electron chi connectivity index (χ1n) is 13.1. The van der Waals surface area contributed by atoms with Gasteiger partial charge in [-0.3, -0.25) is 9.59 Å². The molecule has 0 amide bonds. The van der Waals surface area contributed by atoms with Gasteiger partial charge in [-0.1, -0.05) is 0 Å². The first kappa shape index (κ1) is 28.0. The second-order valence-corrected chi connectivity index (χ2v) is 9.74. The lowest BCUT2D eigenvalue weighted by Gasteiger charge is -2.11. The first-order valence-corrected chi connectivity index (χ1v) is 13.1. The lowest BCUT2D eigenvalue weighted by atomic mass is 9.95. The number of ketones is 1. The van der Waals surface area contributed by atoms with Gasteiger partial charge in [-0.05, 0) is 48.5 Å². The predicted octanol–water partition coefficient (Wildman–Crippen LogP) is 5.95. The highest BCUT2D eigenvalue weighted by atomic mass is 16.5. The number of hydrogen-bond acceptors (Lipinski definition) is 11. The third kappa shape index (κ3) is 4.47. The molecule has 6 aromatic rings. The average molecular weight is 597 g/mol. The number of methoxy groups -OCH3 is 3. The number of aromatic hydroxyl groups is 4. The molecule has 0 aliphatic carbocycles. The molecule has 0 saturated carbocycles. The Morgan fingerprint density at radius 1 is 0.705 bits per heavy atom. The minimum absolute atomic E-state index is 0.0173. The molecule has 4 aromatic carbocycles. The maximum Gasteiger partial charge on any atom is 0.205 e. The van der Waals surface area contributed by atoms with Crippen LogP contribution in [0, 0.1) is 0 Å². The Labute approximate surface area is 248 Å². The minimum Gasteiger partial charge on any atom is -0.508 e. The van der Waals surface area contributed by atoms with E-state index in [1.807, 2.05) is 0 Å². The van der Waals surface area contributed by atoms with Crippen LogP contribution in [0.1, 0.15) is 15.9 Å². The molecule has 0 saturated heterocycles. The number of hydrogen-bond donors (Lipinski definition) is 4. The molecule has 0 aliphatic rings. The quantitative estimate of drug-likeness (QED) is 0.161. The maximum atomic E-state index is 14.2. The van der Waals surface area contributed by atoms with E-state index in [-0.39, 0.29) is 67.6 Å². The molecule has 11 heteroatoms. The Kier molecular flexibility index (Phi) is 6.77. The molecule has 222 valence electrons. The molecule has 0 bridgehead atoms. The molecule has 0 aliphatic heterocycles. The summed E-state index contributed by atoms with van der Waals surface area (Å²) in [7, 11) is 4.15. The van der Waals surface area contributed by atoms with Gasteiger partial charge in [-0.2, -0.15) is 0 Å². The fourth-order valence-electron chi connectivity index (χ4n) is 5.09. The summed E-state index contributed by atoms with van der Waals surface area (Å²) in [5, 5.41) is 41.9. The van der Waals surface area contributed by atoms with Crippen molar-refractivity contribution in [2.45, 2.75) is 0 Å². The second-order valence-electron chi connectivity index (χ2n) is 9.74. The second kappa shape index (κ2) is 10.6. The van der Waals surface area contributed by atoms with Crippen LogP contribution in [-0.2, 0) is 0 Å². The highest BCUT2D eigenvalue weighted by molar-refractivity contribution is 6.23. The molecule has 4 N–H and O–H groups in total. The van der Waals surface area contributed by atoms with E-state index in [4.69, 9.17) is 23.0 Å². The molecule has 0 unspecified atom stereocenters. The van der Waals surface area contributed by atoms with Crippen LogP contribution in [-0.4, -0.2) is 47.5 Å². The van der Waals surface area contributed by atoms with Crippen molar-refractivity contribution in [1.82, 2.24) is 0 Å². The summed E-state index contributed by atoms with van der Waals surface area (Å²) in [6, 6.07) is 15.7. The van der Waals surface area contributed by atoms with E-state index >= 15 is 0 Å². The first-order chi connectivity index (χ1) is 21.1. The molecule has 2 heterocycles. The summed E-state index contributed by atoms with van der Waals surface area (Å²) in [5.74, 6) is -1.61. The van der Waals surface area contributed by atoms with E-state index in [0.29, 0.717) is 16.9 Å². The Morgan fingerprint density at radius 3 is 2.09 bits per heavy atom. The fraction of sp³-hybridized carbons (Fsp3) is 0.0909. The molecule has 6 rings (SSSR count). The van der Waals surface area contributed by atoms with Crippen LogP contribution in [0.15, 0.2) is 80.4 Å². The van der Waals surface area contributed by atoms with Crippen LogP contribution < -0.4 is 19.6 Å². The molecular formula is C33H24O11. The number of rotatable bonds is 7. The maximum absolute atomic E-state index is 14.2. The van der Waals surface area contributed by atoms with Gasteiger partial charge in [0.05, 0.1) is 26.9 Å². The predicted molar refractivity (Wildman–Crippen MR) is 159 cm³/mol. The van der Waals surface area contributed by atoms with Crippen molar-refractivity contribution in [3.05, 3.63) is 88.1 Å². The monoisotopic (exact) mass is 596 g/mol. The van der Waals surface area contributed by atoms with E-state index in [0.717, 1.165) is 6.07 Å². The summed E-state index contributed by atoms with van der Waals surface area (Å²) < 4.78 is 27.8. The molecule has 0 spiro atoms. The lowest BCUT2D eigenvalue weighted by molar-refractivity contribution is 0.103. The van der Waals surface area contributed by atoms with Gasteiger partial charge < -0.3 is 43.5 Å². The largest absolute Gasteiger partial charge is 0.508 e. The van der Waals surface area contributed by atoms with Crippen molar-refractivity contribution in [1.29, 1.82) is 0 Å². The highest BCUT2D eigenvalue weighted by Gasteiger charge is 2.31. The van der Waals surface area contributed by atoms with Gasteiger partial charge in [0.1, 0.15) is 51.1 Å². The number of phenols is 4. The van der Waals surface area contributed by atoms with Gasteiger partial charge in [0.15, 0.2) is 28.3 Å². The van der Waals surface area contributed by atoms with Crippen molar-refractivity contribution < 1.29 is 48.3 Å². The van der Waals surface area contributed by atoms with Crippen LogP contribution in [0.25, 0.3) is 44.6 Å². The number of furan rings is 1. The smallest absolute Gasteiger partial charge is 0.205 e. The van der Waals surface area contributed by atoms with Gasteiger partial charge >= 0.3 is 0 Å². The molecular weight excluding hydrogens is 572 g/mol. The third-order valence-corrected chi connectivity index (χ3v) is 7.20. The third-order valence-electron chi connectivity index (χ3n) is 7.20. The zero-order chi connectivity index (χ0) is 31.3. The molecule has 0 fully saturated rings. The van der Waals surface area contributed by atoms with Gasteiger partial charge in [-0.15, -0.1) is 0 Å². The summed E-state index contributed by atoms with van der Waals surface area (Å²) in [4.78, 5) is 27.5. The zero-order valence-electron chi connectivity index (χ0n) is 23.5. The Bertz CT molecular complexity index is 2150. The number of ether oxygens (including phenoxy) is 3. The van der Waals surface area contributed by atoms with E-state index in [1.165, 1.54) is 57.7 Å². The van der Waals surface area contributed by atoms with Crippen molar-refractivity contribution in [2.75, 3.05) is 21.3 Å². The minimum atomic E-state index is -0.760. The lowest BCUT2D eigenvalue weighted by Crippen LogP contribution is -2.06. The van der Waals surface area contributed by atoms with E-state index in [2.05, 4.69) is 0 Å². The summed E-state index contributed by atoms with van der Waals surface area (Å²) >= 11 is 0. The van der Waals surface area contributed by atoms with Gasteiger partial charge in [0.2, 0.25) is 5.78 Å². The van der Waals surface area contributed by atoms with Gasteiger partial charge in [-0.25, -0.2) is 0 Å². The zero-order valence-corrected chi connectivity index (χ0v) is 23.5. The van der Waals surface area contributed by atoms with Crippen LogP contribution in [0.2, 0.25) is 0 Å². The van der Waals surface area contributed by atoms with E-state index < -0.39 is 22.7 Å². The number of carbonyl (C=O) groups is 1. The van der Waals surface area contributed by atoms with Crippen molar-refractivity contribution >= 4 is 27.7 Å². The van der Waals surface area contributed by atoms with E-state index in [9.17, 15) is 30.0 Å². The topological polar surface area (TPSA) is 169 Å². The molecule has 0 radical (unpaired) electrons. The van der Waals surface area contributed by atoms with Gasteiger partial charge in [0, 0.05) is 34.7 Å². The van der Waals surface area contributed by atoms with E-state index in [1.54, 1.807) is 24.3 Å². The van der Waals surface area contributed by atoms with Crippen LogP contribution in [0.3, 0.4) is 0 Å². The van der Waals surface area contributed by atoms with Crippen LogP contribution >= 0.6 is 0 Å². The normalized spacial score (nSPS) is 11.2. The van der Waals surface area contributed by atoms with Crippen molar-refractivity contribution in [2.24, 2.45) is 0 Å². The number of benzene rings is 4. The van der Waals surface area contributed by atoms with Crippen LogP contribution in [0.5, 0.6) is 40.2 Å². The molecule has 11 nitrogen and oxygen atoms in total. The Hall–Kier alpha value is -6.10. The summed E-state index contributed by atoms with van der Waals surface area (Å²) in [6.07, 6.45) is 0. The van der Waals surface area contributed by atoms with Crippen LogP contribution in [0.4, 0.5) is 0 Å². The molecule has 2 aromatic heterocycles. The Morgan fingerprint density at radius 2 is 1.41 bits per heavy atom. The Balaban J connectivity index is 1.67. The number of carbonyl (C=O) groups excluding carboxylic acids is 1. The fourth-order valence-corrected chi connectivity index (χ4v) is 5.09. The SMILES string of the molecule is COc1ccc(-c2oc3c(O)c4c(=O)cc(-c5ccc(O)c(OC)c5)oc4cc3c2C(=O)c2c(O)cc(O)cc2OC)cc1. The summed E-state index contributed by atoms with van der Waals surface area (Å²) in [6.45, 7) is 0. The molecule has 0 atom stereocenters. The highest BCUT2D eigenvalue weighted by Crippen LogP contribution is 2.45. The number of phenolic OH excluding ortho intramolecular Hbond substituents is 4. The standard InChI is InChI=1S/C33H24O11/c1-40-18-7-4-15(5-8-18)32-27(30(38)28-21(36)11-17(34)12-25(28)42-3)19-13-26-29(31(39)33(19)44-32)22(37)14-23(43-26)16-6-9-20(35)24(10-16)41-2/h4-14,34-36,39H,1-3H3. The van der Waals surface area contributed by atoms with Gasteiger partial charge in [0.25, 0.3) is 0 Å². The average Bonchev–Trinajstić information content (AvgIpc) is 3.40. The van der Waals surface area contributed by atoms with Crippen molar-refractivity contribution in [3.8, 4) is 62.9 Å². The molecule has 44 heavy (non-hydrogen) atoms. The summed E-state index contributed by atoms with van der Waals surface area (Å²) in [5.41, 5.74) is -0.366.